The third-order valence-electron chi connectivity index (χ3n) is 9.80. The van der Waals surface area contributed by atoms with Crippen molar-refractivity contribution in [2.24, 2.45) is 17.8 Å². The molecule has 256 valence electrons. The summed E-state index contributed by atoms with van der Waals surface area (Å²) in [6.07, 6.45) is 14.9. The minimum atomic E-state index is -2.65. The minimum absolute atomic E-state index is 0.0878. The molecule has 6 heteroatoms. The molecule has 0 amide bonds. The molecule has 0 bridgehead atoms. The van der Waals surface area contributed by atoms with E-state index < -0.39 is 8.80 Å². The number of ether oxygens (including phenoxy) is 2. The van der Waals surface area contributed by atoms with Crippen molar-refractivity contribution in [3.8, 4) is 11.5 Å². The number of fused-ring (bicyclic) bond motifs is 1. The normalized spacial score (nSPS) is 18.3. The van der Waals surface area contributed by atoms with Crippen LogP contribution in [-0.4, -0.2) is 40.8 Å². The lowest BCUT2D eigenvalue weighted by molar-refractivity contribution is 0.0511. The molecule has 3 atom stereocenters. The van der Waals surface area contributed by atoms with Crippen LogP contribution >= 0.6 is 0 Å². The maximum atomic E-state index is 6.87. The molecule has 1 aliphatic heterocycles. The molecule has 0 unspecified atom stereocenters. The molecule has 1 aromatic rings. The average Bonchev–Trinajstić information content (AvgIpc) is 2.95. The lowest BCUT2D eigenvalue weighted by atomic mass is 9.83. The maximum absolute atomic E-state index is 6.87. The second-order valence-electron chi connectivity index (χ2n) is 14.4. The zero-order chi connectivity index (χ0) is 32.8. The second kappa shape index (κ2) is 19.5. The van der Waals surface area contributed by atoms with Gasteiger partial charge in [-0.15, -0.1) is 0 Å². The Bertz CT molecular complexity index is 946. The van der Waals surface area contributed by atoms with Crippen molar-refractivity contribution in [3.63, 3.8) is 0 Å². The highest BCUT2D eigenvalue weighted by Gasteiger charge is 2.40. The molecule has 5 nitrogen and oxygen atoms in total. The van der Waals surface area contributed by atoms with Crippen LogP contribution < -0.4 is 9.47 Å². The van der Waals surface area contributed by atoms with Gasteiger partial charge in [-0.25, -0.2) is 0 Å². The van der Waals surface area contributed by atoms with E-state index in [1.165, 1.54) is 73.6 Å². The summed E-state index contributed by atoms with van der Waals surface area (Å²) in [5.41, 5.74) is 4.90. The van der Waals surface area contributed by atoms with E-state index in [1.54, 1.807) is 0 Å². The Morgan fingerprint density at radius 3 is 1.82 bits per heavy atom. The SMILES string of the molecule is CCO[Si](CCCOc1c(C)c(C)c2c(c1C)CC[C@@](C)(CCC[C@H](C)CCC[C@H](C)CCCC(C)C)O2)(OCC)OCC. The van der Waals surface area contributed by atoms with Crippen molar-refractivity contribution >= 4 is 8.80 Å². The fraction of sp³-hybridized carbons (Fsp3) is 0.842. The summed E-state index contributed by atoms with van der Waals surface area (Å²) in [6, 6.07) is 0.766. The van der Waals surface area contributed by atoms with Gasteiger partial charge in [0.1, 0.15) is 17.1 Å². The van der Waals surface area contributed by atoms with E-state index in [0.29, 0.717) is 26.4 Å². The predicted molar refractivity (Wildman–Crippen MR) is 188 cm³/mol. The van der Waals surface area contributed by atoms with Gasteiger partial charge in [0.15, 0.2) is 0 Å². The van der Waals surface area contributed by atoms with Crippen molar-refractivity contribution in [2.75, 3.05) is 26.4 Å². The van der Waals surface area contributed by atoms with Crippen molar-refractivity contribution < 1.29 is 22.8 Å². The maximum Gasteiger partial charge on any atom is 0.501 e. The third kappa shape index (κ3) is 12.3. The van der Waals surface area contributed by atoms with Crippen molar-refractivity contribution in [1.29, 1.82) is 0 Å². The van der Waals surface area contributed by atoms with Gasteiger partial charge in [-0.05, 0) is 115 Å². The summed E-state index contributed by atoms with van der Waals surface area (Å²) in [7, 11) is -2.65. The summed E-state index contributed by atoms with van der Waals surface area (Å²) in [5.74, 6) is 4.64. The highest BCUT2D eigenvalue weighted by molar-refractivity contribution is 6.60. The zero-order valence-electron chi connectivity index (χ0n) is 30.8. The minimum Gasteiger partial charge on any atom is -0.493 e. The molecule has 0 fully saturated rings. The van der Waals surface area contributed by atoms with E-state index in [0.717, 1.165) is 61.0 Å². The number of hydrogen-bond donors (Lipinski definition) is 0. The summed E-state index contributed by atoms with van der Waals surface area (Å²) in [5, 5.41) is 0. The van der Waals surface area contributed by atoms with Crippen LogP contribution in [0.3, 0.4) is 0 Å². The Kier molecular flexibility index (Phi) is 17.4. The fourth-order valence-corrected chi connectivity index (χ4v) is 9.52. The monoisotopic (exact) mass is 634 g/mol. The van der Waals surface area contributed by atoms with Gasteiger partial charge in [-0.2, -0.15) is 0 Å². The van der Waals surface area contributed by atoms with Crippen LogP contribution in [0.25, 0.3) is 0 Å². The summed E-state index contributed by atoms with van der Waals surface area (Å²) in [4.78, 5) is 0. The molecule has 1 heterocycles. The first-order valence-corrected chi connectivity index (χ1v) is 20.2. The van der Waals surface area contributed by atoms with Gasteiger partial charge in [-0.3, -0.25) is 0 Å². The first-order valence-electron chi connectivity index (χ1n) is 18.3. The molecule has 0 spiro atoms. The molecule has 0 saturated heterocycles. The Labute approximate surface area is 273 Å². The molecule has 0 aromatic heterocycles. The van der Waals surface area contributed by atoms with Crippen LogP contribution in [0.5, 0.6) is 11.5 Å². The molecule has 0 aliphatic carbocycles. The lowest BCUT2D eigenvalue weighted by Gasteiger charge is -2.38. The van der Waals surface area contributed by atoms with E-state index in [1.807, 2.05) is 20.8 Å². The molecular formula is C38H70O5Si. The van der Waals surface area contributed by atoms with Crippen LogP contribution in [-0.2, 0) is 19.7 Å². The molecule has 2 rings (SSSR count). The lowest BCUT2D eigenvalue weighted by Crippen LogP contribution is -2.46. The molecule has 0 radical (unpaired) electrons. The highest BCUT2D eigenvalue weighted by atomic mass is 28.4. The predicted octanol–water partition coefficient (Wildman–Crippen LogP) is 11.0. The summed E-state index contributed by atoms with van der Waals surface area (Å²) in [6.45, 7) is 26.9. The Balaban J connectivity index is 1.89. The summed E-state index contributed by atoms with van der Waals surface area (Å²) < 4.78 is 31.4. The second-order valence-corrected chi connectivity index (χ2v) is 17.1. The Morgan fingerprint density at radius 1 is 0.727 bits per heavy atom. The zero-order valence-corrected chi connectivity index (χ0v) is 31.8. The molecular weight excluding hydrogens is 564 g/mol. The Morgan fingerprint density at radius 2 is 1.27 bits per heavy atom. The highest BCUT2D eigenvalue weighted by Crippen LogP contribution is 2.45. The van der Waals surface area contributed by atoms with Crippen LogP contribution in [0.4, 0.5) is 0 Å². The fourth-order valence-electron chi connectivity index (χ4n) is 6.94. The topological polar surface area (TPSA) is 46.2 Å². The van der Waals surface area contributed by atoms with E-state index in [4.69, 9.17) is 22.8 Å². The largest absolute Gasteiger partial charge is 0.501 e. The first-order chi connectivity index (χ1) is 20.9. The Hall–Kier alpha value is -1.08. The van der Waals surface area contributed by atoms with E-state index >= 15 is 0 Å². The molecule has 0 saturated carbocycles. The van der Waals surface area contributed by atoms with Gasteiger partial charge in [0.25, 0.3) is 0 Å². The van der Waals surface area contributed by atoms with E-state index in [2.05, 4.69) is 55.4 Å². The first kappa shape index (κ1) is 39.1. The van der Waals surface area contributed by atoms with Crippen molar-refractivity contribution in [3.05, 3.63) is 22.3 Å². The van der Waals surface area contributed by atoms with Gasteiger partial charge in [0.05, 0.1) is 6.61 Å². The molecule has 44 heavy (non-hydrogen) atoms. The van der Waals surface area contributed by atoms with E-state index in [-0.39, 0.29) is 5.60 Å². The van der Waals surface area contributed by atoms with Crippen LogP contribution in [0, 0.1) is 38.5 Å². The standard InChI is InChI=1S/C38H70O5Si/c1-12-40-44(41-13-2,42-14-3)28-18-27-39-36-32(8)33(9)37-35(34(36)10)24-26-38(11,43-37)25-17-23-31(7)22-16-21-30(6)20-15-19-29(4)5/h29-31H,12-28H2,1-11H3/t30-,31-,38-/m1/s1. The van der Waals surface area contributed by atoms with Gasteiger partial charge in [-0.1, -0.05) is 72.6 Å². The van der Waals surface area contributed by atoms with Crippen molar-refractivity contribution in [2.45, 2.75) is 165 Å². The van der Waals surface area contributed by atoms with Gasteiger partial charge in [0.2, 0.25) is 0 Å². The number of hydrogen-bond acceptors (Lipinski definition) is 5. The smallest absolute Gasteiger partial charge is 0.493 e. The van der Waals surface area contributed by atoms with Gasteiger partial charge >= 0.3 is 8.80 Å². The van der Waals surface area contributed by atoms with Crippen molar-refractivity contribution in [1.82, 2.24) is 0 Å². The molecule has 0 N–H and O–H groups in total. The molecule has 1 aliphatic rings. The number of benzene rings is 1. The number of rotatable bonds is 23. The van der Waals surface area contributed by atoms with Crippen LogP contribution in [0.1, 0.15) is 148 Å². The van der Waals surface area contributed by atoms with Gasteiger partial charge < -0.3 is 22.8 Å². The van der Waals surface area contributed by atoms with Crippen LogP contribution in [0.15, 0.2) is 0 Å². The summed E-state index contributed by atoms with van der Waals surface area (Å²) >= 11 is 0. The van der Waals surface area contributed by atoms with Gasteiger partial charge in [0, 0.05) is 31.4 Å². The quantitative estimate of drug-likeness (QED) is 0.0885. The third-order valence-corrected chi connectivity index (χ3v) is 13.0. The van der Waals surface area contributed by atoms with Crippen LogP contribution in [0.2, 0.25) is 6.04 Å². The van der Waals surface area contributed by atoms with E-state index in [9.17, 15) is 0 Å². The molecule has 1 aromatic carbocycles. The average molecular weight is 635 g/mol.